The summed E-state index contributed by atoms with van der Waals surface area (Å²) in [5, 5.41) is 12.5. The highest BCUT2D eigenvalue weighted by Crippen LogP contribution is 2.33. The van der Waals surface area contributed by atoms with Crippen LogP contribution >= 0.6 is 0 Å². The number of hydrogen-bond acceptors (Lipinski definition) is 4. The molecular weight excluding hydrogens is 308 g/mol. The van der Waals surface area contributed by atoms with Gasteiger partial charge in [0.15, 0.2) is 6.10 Å². The van der Waals surface area contributed by atoms with Crippen LogP contribution in [0.15, 0.2) is 24.3 Å². The summed E-state index contributed by atoms with van der Waals surface area (Å²) >= 11 is 0. The smallest absolute Gasteiger partial charge is 0.267 e. The summed E-state index contributed by atoms with van der Waals surface area (Å²) in [6.07, 6.45) is 2.57. The first kappa shape index (κ1) is 16.8. The van der Waals surface area contributed by atoms with Gasteiger partial charge in [-0.25, -0.2) is 0 Å². The lowest BCUT2D eigenvalue weighted by atomic mass is 9.93. The third-order valence-corrected chi connectivity index (χ3v) is 4.70. The van der Waals surface area contributed by atoms with Gasteiger partial charge in [0, 0.05) is 19.0 Å². The zero-order chi connectivity index (χ0) is 17.1. The number of hydrogen-bond donors (Lipinski definition) is 2. The molecule has 1 unspecified atom stereocenters. The molecule has 1 saturated carbocycles. The van der Waals surface area contributed by atoms with E-state index >= 15 is 0 Å². The second-order valence-electron chi connectivity index (χ2n) is 6.54. The minimum absolute atomic E-state index is 0.0548. The van der Waals surface area contributed by atoms with Crippen molar-refractivity contribution >= 4 is 17.5 Å². The van der Waals surface area contributed by atoms with Crippen molar-refractivity contribution in [1.29, 1.82) is 0 Å². The Hall–Kier alpha value is -2.08. The molecule has 3 rings (SSSR count). The van der Waals surface area contributed by atoms with Crippen LogP contribution < -0.4 is 15.0 Å². The van der Waals surface area contributed by atoms with E-state index in [0.29, 0.717) is 18.0 Å². The van der Waals surface area contributed by atoms with Crippen LogP contribution in [-0.2, 0) is 9.59 Å². The summed E-state index contributed by atoms with van der Waals surface area (Å²) < 4.78 is 5.60. The average Bonchev–Trinajstić information content (AvgIpc) is 2.57. The van der Waals surface area contributed by atoms with Crippen molar-refractivity contribution in [3.8, 4) is 5.75 Å². The third-order valence-electron chi connectivity index (χ3n) is 4.70. The topological polar surface area (TPSA) is 78.9 Å². The number of aliphatic hydroxyl groups is 1. The summed E-state index contributed by atoms with van der Waals surface area (Å²) in [5.41, 5.74) is 0.717. The number of rotatable bonds is 4. The highest BCUT2D eigenvalue weighted by atomic mass is 16.5. The number of anilines is 1. The van der Waals surface area contributed by atoms with E-state index in [1.165, 1.54) is 0 Å². The van der Waals surface area contributed by atoms with Gasteiger partial charge in [-0.3, -0.25) is 9.59 Å². The van der Waals surface area contributed by atoms with Gasteiger partial charge in [0.2, 0.25) is 5.91 Å². The molecular formula is C18H24N2O4. The maximum atomic E-state index is 12.4. The van der Waals surface area contributed by atoms with Gasteiger partial charge < -0.3 is 20.1 Å². The van der Waals surface area contributed by atoms with Crippen LogP contribution in [0.2, 0.25) is 0 Å². The van der Waals surface area contributed by atoms with Crippen LogP contribution in [0.5, 0.6) is 5.75 Å². The van der Waals surface area contributed by atoms with Crippen LogP contribution in [0.4, 0.5) is 5.69 Å². The molecule has 6 nitrogen and oxygen atoms in total. The van der Waals surface area contributed by atoms with Crippen molar-refractivity contribution in [2.75, 3.05) is 11.4 Å². The molecule has 1 fully saturated rings. The van der Waals surface area contributed by atoms with Crippen molar-refractivity contribution in [2.45, 2.75) is 57.3 Å². The first-order valence-electron chi connectivity index (χ1n) is 8.59. The maximum Gasteiger partial charge on any atom is 0.267 e. The number of para-hydroxylation sites is 2. The lowest BCUT2D eigenvalue weighted by Crippen LogP contribution is -2.46. The number of aliphatic hydroxyl groups excluding tert-OH is 1. The molecule has 0 saturated heterocycles. The number of carbonyl (C=O) groups excluding carboxylic acids is 2. The zero-order valence-electron chi connectivity index (χ0n) is 13.9. The van der Waals surface area contributed by atoms with Crippen molar-refractivity contribution in [3.63, 3.8) is 0 Å². The first-order chi connectivity index (χ1) is 11.5. The van der Waals surface area contributed by atoms with Crippen LogP contribution in [-0.4, -0.2) is 41.7 Å². The molecule has 2 N–H and O–H groups in total. The average molecular weight is 332 g/mol. The number of fused-ring (bicyclic) bond motifs is 1. The number of carbonyl (C=O) groups is 2. The van der Waals surface area contributed by atoms with E-state index in [1.807, 2.05) is 24.3 Å². The van der Waals surface area contributed by atoms with E-state index in [2.05, 4.69) is 5.32 Å². The summed E-state index contributed by atoms with van der Waals surface area (Å²) in [7, 11) is 0. The van der Waals surface area contributed by atoms with E-state index in [-0.39, 0.29) is 30.4 Å². The normalized spacial score (nSPS) is 26.5. The fourth-order valence-corrected chi connectivity index (χ4v) is 3.32. The quantitative estimate of drug-likeness (QED) is 0.878. The van der Waals surface area contributed by atoms with Gasteiger partial charge in [0.05, 0.1) is 11.8 Å². The molecule has 24 heavy (non-hydrogen) atoms. The molecule has 1 aliphatic carbocycles. The standard InChI is InChI=1S/C18H24N2O4/c1-12-18(23)20(15-4-2-3-5-16(15)24-12)11-10-17(22)19-13-6-8-14(21)9-7-13/h2-5,12-14,21H,6-11H2,1H3,(H,19,22). The number of nitrogens with one attached hydrogen (secondary N) is 1. The van der Waals surface area contributed by atoms with Crippen LogP contribution in [0.25, 0.3) is 0 Å². The Labute approximate surface area is 141 Å². The minimum Gasteiger partial charge on any atom is -0.479 e. The predicted molar refractivity (Wildman–Crippen MR) is 89.9 cm³/mol. The summed E-state index contributed by atoms with van der Waals surface area (Å²) in [5.74, 6) is 0.495. The predicted octanol–water partition coefficient (Wildman–Crippen LogP) is 1.61. The van der Waals surface area contributed by atoms with E-state index in [0.717, 1.165) is 25.7 Å². The molecule has 2 amide bonds. The zero-order valence-corrected chi connectivity index (χ0v) is 13.9. The van der Waals surface area contributed by atoms with E-state index in [4.69, 9.17) is 4.74 Å². The largest absolute Gasteiger partial charge is 0.479 e. The lowest BCUT2D eigenvalue weighted by molar-refractivity contribution is -0.125. The molecule has 0 radical (unpaired) electrons. The number of benzene rings is 1. The molecule has 1 aromatic rings. The minimum atomic E-state index is -0.539. The van der Waals surface area contributed by atoms with Gasteiger partial charge in [0.25, 0.3) is 5.91 Å². The lowest BCUT2D eigenvalue weighted by Gasteiger charge is -2.33. The van der Waals surface area contributed by atoms with Crippen molar-refractivity contribution in [2.24, 2.45) is 0 Å². The molecule has 1 heterocycles. The molecule has 1 aromatic carbocycles. The highest BCUT2D eigenvalue weighted by Gasteiger charge is 2.31. The molecule has 130 valence electrons. The summed E-state index contributed by atoms with van der Waals surface area (Å²) in [6.45, 7) is 2.06. The molecule has 0 aromatic heterocycles. The monoisotopic (exact) mass is 332 g/mol. The van der Waals surface area contributed by atoms with Gasteiger partial charge >= 0.3 is 0 Å². The SMILES string of the molecule is CC1Oc2ccccc2N(CCC(=O)NC2CCC(O)CC2)C1=O. The fourth-order valence-electron chi connectivity index (χ4n) is 3.32. The van der Waals surface area contributed by atoms with Gasteiger partial charge in [-0.2, -0.15) is 0 Å². The second kappa shape index (κ2) is 7.21. The van der Waals surface area contributed by atoms with Crippen molar-refractivity contribution in [1.82, 2.24) is 5.32 Å². The number of ether oxygens (including phenoxy) is 1. The third kappa shape index (κ3) is 3.70. The number of nitrogens with zero attached hydrogens (tertiary/aromatic N) is 1. The molecule has 1 atom stereocenters. The number of amides is 2. The Balaban J connectivity index is 1.57. The summed E-state index contributed by atoms with van der Waals surface area (Å²) in [4.78, 5) is 26.2. The van der Waals surface area contributed by atoms with Crippen molar-refractivity contribution < 1.29 is 19.4 Å². The first-order valence-corrected chi connectivity index (χ1v) is 8.59. The summed E-state index contributed by atoms with van der Waals surface area (Å²) in [6, 6.07) is 7.51. The van der Waals surface area contributed by atoms with E-state index in [1.54, 1.807) is 11.8 Å². The molecule has 0 spiro atoms. The van der Waals surface area contributed by atoms with Crippen LogP contribution in [0.1, 0.15) is 39.0 Å². The molecule has 6 heteroatoms. The maximum absolute atomic E-state index is 12.4. The Kier molecular flexibility index (Phi) is 5.04. The van der Waals surface area contributed by atoms with Gasteiger partial charge in [-0.05, 0) is 44.7 Å². The molecule has 2 aliphatic rings. The van der Waals surface area contributed by atoms with Crippen LogP contribution in [0, 0.1) is 0 Å². The Morgan fingerprint density at radius 3 is 2.75 bits per heavy atom. The Bertz CT molecular complexity index is 611. The van der Waals surface area contributed by atoms with E-state index < -0.39 is 6.10 Å². The molecule has 0 bridgehead atoms. The van der Waals surface area contributed by atoms with E-state index in [9.17, 15) is 14.7 Å². The highest BCUT2D eigenvalue weighted by molar-refractivity contribution is 6.00. The Morgan fingerprint density at radius 2 is 2.00 bits per heavy atom. The second-order valence-corrected chi connectivity index (χ2v) is 6.54. The molecule has 1 aliphatic heterocycles. The van der Waals surface area contributed by atoms with Crippen molar-refractivity contribution in [3.05, 3.63) is 24.3 Å². The van der Waals surface area contributed by atoms with Crippen LogP contribution in [0.3, 0.4) is 0 Å². The fraction of sp³-hybridized carbons (Fsp3) is 0.556. The van der Waals surface area contributed by atoms with Gasteiger partial charge in [-0.15, -0.1) is 0 Å². The van der Waals surface area contributed by atoms with Gasteiger partial charge in [-0.1, -0.05) is 12.1 Å². The van der Waals surface area contributed by atoms with Gasteiger partial charge in [0.1, 0.15) is 5.75 Å². The Morgan fingerprint density at radius 1 is 1.29 bits per heavy atom.